The number of hydrogen-bond acceptors (Lipinski definition) is 0. The number of hydrogen-bond donors (Lipinski definition) is 0. The van der Waals surface area contributed by atoms with E-state index in [1.807, 2.05) is 0 Å². The molecule has 0 nitrogen and oxygen atoms in total. The maximum Gasteiger partial charge on any atom is -0.00989 e. The van der Waals surface area contributed by atoms with Crippen LogP contribution in [0, 0.1) is 0 Å². The average molecular weight is 268 g/mol. The normalized spacial score (nSPS) is 14.1. The van der Waals surface area contributed by atoms with E-state index in [2.05, 4.69) is 60.7 Å². The second-order valence-corrected chi connectivity index (χ2v) is 6.14. The molecule has 0 heterocycles. The van der Waals surface area contributed by atoms with E-state index in [0.29, 0.717) is 0 Å². The van der Waals surface area contributed by atoms with Crippen LogP contribution in [0.3, 0.4) is 0 Å². The summed E-state index contributed by atoms with van der Waals surface area (Å²) in [5, 5.41) is 8.25. The first-order valence-corrected chi connectivity index (χ1v) is 7.76. The molecular formula is C21H16. The molecule has 21 heavy (non-hydrogen) atoms. The van der Waals surface area contributed by atoms with Crippen LogP contribution in [0.2, 0.25) is 0 Å². The Hall–Kier alpha value is -2.34. The summed E-state index contributed by atoms with van der Waals surface area (Å²) in [5.41, 5.74) is 3.12. The van der Waals surface area contributed by atoms with Crippen molar-refractivity contribution in [3.05, 3.63) is 71.8 Å². The minimum absolute atomic E-state index is 1.25. The Labute approximate surface area is 124 Å². The van der Waals surface area contributed by atoms with Crippen LogP contribution in [0.1, 0.15) is 17.5 Å². The van der Waals surface area contributed by atoms with E-state index in [0.717, 1.165) is 0 Å². The van der Waals surface area contributed by atoms with E-state index in [1.54, 1.807) is 11.1 Å². The largest absolute Gasteiger partial charge is 0.0616 e. The maximum absolute atomic E-state index is 2.44. The smallest absolute Gasteiger partial charge is 0.00989 e. The van der Waals surface area contributed by atoms with Crippen LogP contribution >= 0.6 is 0 Å². The fourth-order valence-corrected chi connectivity index (χ4v) is 3.90. The summed E-state index contributed by atoms with van der Waals surface area (Å²) < 4.78 is 0. The number of rotatable bonds is 0. The predicted molar refractivity (Wildman–Crippen MR) is 91.0 cm³/mol. The number of benzene rings is 4. The quantitative estimate of drug-likeness (QED) is 0.362. The van der Waals surface area contributed by atoms with Gasteiger partial charge in [0.1, 0.15) is 0 Å². The summed E-state index contributed by atoms with van der Waals surface area (Å²) in [5.74, 6) is 0. The van der Waals surface area contributed by atoms with Gasteiger partial charge in [-0.05, 0) is 62.7 Å². The molecule has 0 N–H and O–H groups in total. The predicted octanol–water partition coefficient (Wildman–Crippen LogP) is 5.63. The zero-order chi connectivity index (χ0) is 13.8. The standard InChI is InChI=1S/C21H16/c1-2-7-18-14(4-1)8-10-20-19(18)11-9-17-12-15-5-3-6-16(15)13-21(17)20/h1-2,4,7-13H,3,5-6H2. The van der Waals surface area contributed by atoms with Crippen LogP contribution in [-0.2, 0) is 12.8 Å². The molecule has 0 amide bonds. The summed E-state index contributed by atoms with van der Waals surface area (Å²) in [6.07, 6.45) is 3.81. The second-order valence-electron chi connectivity index (χ2n) is 6.14. The van der Waals surface area contributed by atoms with Gasteiger partial charge in [-0.2, -0.15) is 0 Å². The van der Waals surface area contributed by atoms with Crippen LogP contribution in [0.4, 0.5) is 0 Å². The van der Waals surface area contributed by atoms with Crippen molar-refractivity contribution in [2.75, 3.05) is 0 Å². The SMILES string of the molecule is c1ccc2c(c1)ccc1c3cc4c(cc3ccc21)CCC4. The Morgan fingerprint density at radius 1 is 0.524 bits per heavy atom. The monoisotopic (exact) mass is 268 g/mol. The van der Waals surface area contributed by atoms with Crippen molar-refractivity contribution < 1.29 is 0 Å². The van der Waals surface area contributed by atoms with Gasteiger partial charge in [-0.3, -0.25) is 0 Å². The van der Waals surface area contributed by atoms with Gasteiger partial charge in [-0.15, -0.1) is 0 Å². The summed E-state index contributed by atoms with van der Waals surface area (Å²) in [6, 6.07) is 22.7. The summed E-state index contributed by atoms with van der Waals surface area (Å²) in [6.45, 7) is 0. The van der Waals surface area contributed by atoms with E-state index in [9.17, 15) is 0 Å². The number of fused-ring (bicyclic) bond motifs is 6. The molecule has 1 aliphatic rings. The molecule has 4 aromatic rings. The molecule has 0 aliphatic heterocycles. The van der Waals surface area contributed by atoms with Crippen LogP contribution in [0.15, 0.2) is 60.7 Å². The second kappa shape index (κ2) is 4.08. The third-order valence-electron chi connectivity index (χ3n) is 4.95. The molecule has 1 aliphatic carbocycles. The van der Waals surface area contributed by atoms with E-state index in [4.69, 9.17) is 0 Å². The molecule has 0 bridgehead atoms. The van der Waals surface area contributed by atoms with Crippen molar-refractivity contribution in [3.63, 3.8) is 0 Å². The third-order valence-corrected chi connectivity index (χ3v) is 4.95. The van der Waals surface area contributed by atoms with Gasteiger partial charge in [0.25, 0.3) is 0 Å². The number of aryl methyl sites for hydroxylation is 2. The topological polar surface area (TPSA) is 0 Å². The Kier molecular flexibility index (Phi) is 2.20. The first kappa shape index (κ1) is 11.3. The summed E-state index contributed by atoms with van der Waals surface area (Å²) in [7, 11) is 0. The van der Waals surface area contributed by atoms with Gasteiger partial charge in [0.15, 0.2) is 0 Å². The third kappa shape index (κ3) is 1.56. The lowest BCUT2D eigenvalue weighted by molar-refractivity contribution is 0.912. The first-order chi connectivity index (χ1) is 10.4. The molecule has 0 spiro atoms. The van der Waals surface area contributed by atoms with Crippen molar-refractivity contribution in [1.82, 2.24) is 0 Å². The Morgan fingerprint density at radius 3 is 2.14 bits per heavy atom. The van der Waals surface area contributed by atoms with Gasteiger partial charge >= 0.3 is 0 Å². The van der Waals surface area contributed by atoms with Crippen LogP contribution < -0.4 is 0 Å². The van der Waals surface area contributed by atoms with Gasteiger partial charge in [0, 0.05) is 0 Å². The molecule has 4 aromatic carbocycles. The fraction of sp³-hybridized carbons (Fsp3) is 0.143. The van der Waals surface area contributed by atoms with Gasteiger partial charge < -0.3 is 0 Å². The molecule has 0 unspecified atom stereocenters. The lowest BCUT2D eigenvalue weighted by Gasteiger charge is -2.09. The zero-order valence-electron chi connectivity index (χ0n) is 11.9. The van der Waals surface area contributed by atoms with Crippen LogP contribution in [-0.4, -0.2) is 0 Å². The van der Waals surface area contributed by atoms with Gasteiger partial charge in [-0.1, -0.05) is 60.7 Å². The molecule has 0 fully saturated rings. The lowest BCUT2D eigenvalue weighted by atomic mass is 9.95. The van der Waals surface area contributed by atoms with E-state index < -0.39 is 0 Å². The Bertz CT molecular complexity index is 1010. The highest BCUT2D eigenvalue weighted by molar-refractivity contribution is 6.17. The Morgan fingerprint density at radius 2 is 1.24 bits per heavy atom. The zero-order valence-corrected chi connectivity index (χ0v) is 11.9. The van der Waals surface area contributed by atoms with E-state index >= 15 is 0 Å². The molecule has 0 saturated heterocycles. The minimum Gasteiger partial charge on any atom is -0.0616 e. The van der Waals surface area contributed by atoms with Crippen LogP contribution in [0.5, 0.6) is 0 Å². The molecule has 0 saturated carbocycles. The highest BCUT2D eigenvalue weighted by Crippen LogP contribution is 2.34. The molecule has 0 aromatic heterocycles. The average Bonchev–Trinajstić information content (AvgIpc) is 2.99. The van der Waals surface area contributed by atoms with Crippen molar-refractivity contribution >= 4 is 32.3 Å². The first-order valence-electron chi connectivity index (χ1n) is 7.76. The van der Waals surface area contributed by atoms with Gasteiger partial charge in [0.05, 0.1) is 0 Å². The van der Waals surface area contributed by atoms with Gasteiger partial charge in [0.2, 0.25) is 0 Å². The lowest BCUT2D eigenvalue weighted by Crippen LogP contribution is -1.85. The van der Waals surface area contributed by atoms with Crippen molar-refractivity contribution in [3.8, 4) is 0 Å². The molecule has 5 rings (SSSR count). The Balaban J connectivity index is 1.98. The highest BCUT2D eigenvalue weighted by Gasteiger charge is 2.13. The van der Waals surface area contributed by atoms with Crippen molar-refractivity contribution in [2.45, 2.75) is 19.3 Å². The maximum atomic E-state index is 2.44. The molecule has 0 heteroatoms. The molecule has 100 valence electrons. The molecule has 0 atom stereocenters. The highest BCUT2D eigenvalue weighted by atomic mass is 14.2. The van der Waals surface area contributed by atoms with Crippen molar-refractivity contribution in [2.24, 2.45) is 0 Å². The molecular weight excluding hydrogens is 252 g/mol. The van der Waals surface area contributed by atoms with E-state index in [1.165, 1.54) is 51.6 Å². The fourth-order valence-electron chi connectivity index (χ4n) is 3.90. The van der Waals surface area contributed by atoms with Gasteiger partial charge in [-0.25, -0.2) is 0 Å². The van der Waals surface area contributed by atoms with Crippen LogP contribution in [0.25, 0.3) is 32.3 Å². The summed E-state index contributed by atoms with van der Waals surface area (Å²) in [4.78, 5) is 0. The minimum atomic E-state index is 1.25. The molecule has 0 radical (unpaired) electrons. The van der Waals surface area contributed by atoms with E-state index in [-0.39, 0.29) is 0 Å². The summed E-state index contributed by atoms with van der Waals surface area (Å²) >= 11 is 0. The van der Waals surface area contributed by atoms with Crippen molar-refractivity contribution in [1.29, 1.82) is 0 Å².